The quantitative estimate of drug-likeness (QED) is 0.0650. The minimum atomic E-state index is -0.455. The van der Waals surface area contributed by atoms with Crippen molar-refractivity contribution in [1.82, 2.24) is 0 Å². The number of rotatable bonds is 18. The molecule has 0 aromatic heterocycles. The van der Waals surface area contributed by atoms with Crippen LogP contribution in [0.25, 0.3) is 6.08 Å². The summed E-state index contributed by atoms with van der Waals surface area (Å²) in [7, 11) is 1.33. The Morgan fingerprint density at radius 1 is 0.738 bits per heavy atom. The molecular weight excluding hydrogens is 777 g/mol. The molecule has 0 amide bonds. The maximum atomic E-state index is 11.3. The molecule has 344 valence electrons. The van der Waals surface area contributed by atoms with Gasteiger partial charge in [-0.15, -0.1) is 0 Å². The van der Waals surface area contributed by atoms with Crippen LogP contribution >= 0.6 is 0 Å². The van der Waals surface area contributed by atoms with Crippen molar-refractivity contribution in [2.45, 2.75) is 126 Å². The summed E-state index contributed by atoms with van der Waals surface area (Å²) in [6.45, 7) is 37.8. The molecule has 0 radical (unpaired) electrons. The monoisotopic (exact) mass is 855 g/mol. The van der Waals surface area contributed by atoms with Crippen molar-refractivity contribution in [3.05, 3.63) is 104 Å². The molecule has 2 aliphatic rings. The molecule has 1 aromatic carbocycles. The van der Waals surface area contributed by atoms with Gasteiger partial charge in [-0.3, -0.25) is 0 Å². The second-order valence-corrected chi connectivity index (χ2v) is 15.1. The summed E-state index contributed by atoms with van der Waals surface area (Å²) in [4.78, 5) is 53.3. The number of carbonyl (C=O) groups is 5. The van der Waals surface area contributed by atoms with Crippen molar-refractivity contribution < 1.29 is 52.8 Å². The molecule has 1 N–H and O–H groups in total. The second kappa shape index (κ2) is 35.7. The number of aliphatic hydroxyl groups is 1. The van der Waals surface area contributed by atoms with Crippen LogP contribution in [-0.2, 0) is 47.7 Å². The molecule has 3 rings (SSSR count). The number of benzene rings is 1. The van der Waals surface area contributed by atoms with Crippen molar-refractivity contribution >= 4 is 35.9 Å². The van der Waals surface area contributed by atoms with Crippen LogP contribution < -0.4 is 0 Å². The zero-order valence-corrected chi connectivity index (χ0v) is 38.9. The Kier molecular flexibility index (Phi) is 35.3. The van der Waals surface area contributed by atoms with Gasteiger partial charge < -0.3 is 28.8 Å². The number of hydrogen-bond acceptors (Lipinski definition) is 11. The maximum Gasteiger partial charge on any atom is 0.333 e. The zero-order chi connectivity index (χ0) is 47.4. The highest BCUT2D eigenvalue weighted by molar-refractivity contribution is 5.88. The molecule has 3 atom stereocenters. The van der Waals surface area contributed by atoms with E-state index in [-0.39, 0.29) is 48.6 Å². The van der Waals surface area contributed by atoms with Crippen molar-refractivity contribution in [1.29, 1.82) is 0 Å². The van der Waals surface area contributed by atoms with Gasteiger partial charge in [0, 0.05) is 34.3 Å². The summed E-state index contributed by atoms with van der Waals surface area (Å²) in [6.07, 6.45) is 15.0. The number of esters is 5. The molecule has 61 heavy (non-hydrogen) atoms. The lowest BCUT2D eigenvalue weighted by molar-refractivity contribution is -0.150. The Labute approximate surface area is 368 Å². The standard InChI is InChI=1S/C13H20O2.C11H20O2.C8H8.C7H12O2.C6H10O3.C5H8O2/c1-5-11(14)15-10-8-9-6-7-13(10,4)12(9,2)3;1-4-6-7-8-9-13-11(12)10(3)5-2;1-2-8-6-4-3-5-7-8;1-3-5-6-9-7(8)4-2;1-5(2)6(8)9-4-3-7;1-4(2)5(6)7-3/h5,9-10H,1,6-8H2,2-4H3;3-9H2,1-2H3;2-7H,1H2;4H,2-3,5-6H2,1H3;7H,1,3-4H2,2H3;1H2,2-3H3. The van der Waals surface area contributed by atoms with Crippen molar-refractivity contribution in [2.24, 2.45) is 16.7 Å². The smallest absolute Gasteiger partial charge is 0.333 e. The van der Waals surface area contributed by atoms with Crippen LogP contribution in [0, 0.1) is 16.7 Å². The summed E-state index contributed by atoms with van der Waals surface area (Å²) in [5.41, 5.74) is 2.99. The second-order valence-electron chi connectivity index (χ2n) is 15.1. The van der Waals surface area contributed by atoms with Crippen LogP contribution in [0.5, 0.6) is 0 Å². The van der Waals surface area contributed by atoms with Crippen LogP contribution in [0.4, 0.5) is 0 Å². The highest BCUT2D eigenvalue weighted by Gasteiger charge is 2.62. The van der Waals surface area contributed by atoms with Gasteiger partial charge in [0.25, 0.3) is 0 Å². The minimum absolute atomic E-state index is 0.0473. The molecule has 1 aromatic rings. The first-order valence-electron chi connectivity index (χ1n) is 21.1. The molecule has 0 aliphatic heterocycles. The third kappa shape index (κ3) is 26.7. The summed E-state index contributed by atoms with van der Waals surface area (Å²) in [5, 5.41) is 8.19. The molecule has 11 nitrogen and oxygen atoms in total. The maximum absolute atomic E-state index is 11.3. The lowest BCUT2D eigenvalue weighted by Gasteiger charge is -2.38. The van der Waals surface area contributed by atoms with Gasteiger partial charge in [-0.2, -0.15) is 0 Å². The van der Waals surface area contributed by atoms with Crippen molar-refractivity contribution in [3.63, 3.8) is 0 Å². The first-order chi connectivity index (χ1) is 28.7. The molecule has 3 unspecified atom stereocenters. The van der Waals surface area contributed by atoms with Gasteiger partial charge in [-0.25, -0.2) is 24.0 Å². The zero-order valence-electron chi connectivity index (χ0n) is 38.9. The summed E-state index contributed by atoms with van der Waals surface area (Å²) in [5.74, 6) is -0.929. The largest absolute Gasteiger partial charge is 0.466 e. The van der Waals surface area contributed by atoms with Gasteiger partial charge in [0.1, 0.15) is 12.7 Å². The predicted molar refractivity (Wildman–Crippen MR) is 246 cm³/mol. The number of ether oxygens (including phenoxy) is 5. The average Bonchev–Trinajstić information content (AvgIpc) is 3.59. The highest BCUT2D eigenvalue weighted by Crippen LogP contribution is 2.66. The van der Waals surface area contributed by atoms with E-state index in [1.165, 1.54) is 50.5 Å². The number of hydrogen-bond donors (Lipinski definition) is 1. The third-order valence-corrected chi connectivity index (χ3v) is 10.2. The molecule has 0 heterocycles. The lowest BCUT2D eigenvalue weighted by atomic mass is 9.70. The van der Waals surface area contributed by atoms with Crippen LogP contribution in [0.1, 0.15) is 125 Å². The van der Waals surface area contributed by atoms with E-state index in [1.54, 1.807) is 13.8 Å². The van der Waals surface area contributed by atoms with E-state index in [4.69, 9.17) is 14.6 Å². The number of unbranched alkanes of at least 4 members (excludes halogenated alkanes) is 4. The van der Waals surface area contributed by atoms with E-state index >= 15 is 0 Å². The van der Waals surface area contributed by atoms with Gasteiger partial charge >= 0.3 is 29.8 Å². The molecular formula is C50H78O11. The summed E-state index contributed by atoms with van der Waals surface area (Å²) < 4.78 is 23.9. The van der Waals surface area contributed by atoms with Gasteiger partial charge in [0.2, 0.25) is 0 Å². The fourth-order valence-corrected chi connectivity index (χ4v) is 5.84. The SMILES string of the molecule is C=C(C)C(=O)OC.C=C(C)C(=O)OCCO.C=C(CC)C(=O)OCCCCCC.C=CC(=O)OC1CC2CCC1(C)C2(C)C.C=CC(=O)OCCCC.C=Cc1ccccc1. The number of aliphatic hydroxyl groups excluding tert-OH is 1. The van der Waals surface area contributed by atoms with E-state index in [1.807, 2.05) is 50.3 Å². The van der Waals surface area contributed by atoms with Gasteiger partial charge in [0.15, 0.2) is 0 Å². The Bertz CT molecular complexity index is 1510. The van der Waals surface area contributed by atoms with E-state index < -0.39 is 5.97 Å². The minimum Gasteiger partial charge on any atom is -0.466 e. The lowest BCUT2D eigenvalue weighted by Crippen LogP contribution is -2.38. The Morgan fingerprint density at radius 2 is 1.28 bits per heavy atom. The fourth-order valence-electron chi connectivity index (χ4n) is 5.84. The van der Waals surface area contributed by atoms with Crippen molar-refractivity contribution in [2.75, 3.05) is 33.5 Å². The topological polar surface area (TPSA) is 152 Å². The van der Waals surface area contributed by atoms with E-state index in [9.17, 15) is 24.0 Å². The molecule has 11 heteroatoms. The Hall–Kier alpha value is -5.03. The molecule has 2 bridgehead atoms. The first kappa shape index (κ1) is 60.3. The van der Waals surface area contributed by atoms with Crippen LogP contribution in [0.3, 0.4) is 0 Å². The van der Waals surface area contributed by atoms with Crippen LogP contribution in [-0.4, -0.2) is 74.6 Å². The van der Waals surface area contributed by atoms with Crippen LogP contribution in [0.2, 0.25) is 0 Å². The Balaban J connectivity index is -0.000000677. The molecule has 0 spiro atoms. The number of methoxy groups -OCH3 is 1. The van der Waals surface area contributed by atoms with Crippen LogP contribution in [0.15, 0.2) is 98.7 Å². The first-order valence-corrected chi connectivity index (χ1v) is 21.1. The van der Waals surface area contributed by atoms with E-state index in [0.29, 0.717) is 47.7 Å². The summed E-state index contributed by atoms with van der Waals surface area (Å²) in [6, 6.07) is 10.0. The fraction of sp³-hybridized carbons (Fsp3) is 0.540. The number of fused-ring (bicyclic) bond motifs is 2. The number of carbonyl (C=O) groups excluding carboxylic acids is 5. The molecule has 2 saturated carbocycles. The predicted octanol–water partition coefficient (Wildman–Crippen LogP) is 10.7. The van der Waals surface area contributed by atoms with Gasteiger partial charge in [0.05, 0.1) is 26.9 Å². The average molecular weight is 855 g/mol. The highest BCUT2D eigenvalue weighted by atomic mass is 16.6. The van der Waals surface area contributed by atoms with Gasteiger partial charge in [-0.05, 0) is 69.3 Å². The van der Waals surface area contributed by atoms with E-state index in [2.05, 4.69) is 81.4 Å². The van der Waals surface area contributed by atoms with E-state index in [0.717, 1.165) is 32.1 Å². The summed E-state index contributed by atoms with van der Waals surface area (Å²) >= 11 is 0. The molecule has 2 aliphatic carbocycles. The molecule has 0 saturated heterocycles. The molecule has 2 fully saturated rings. The Morgan fingerprint density at radius 3 is 1.66 bits per heavy atom. The van der Waals surface area contributed by atoms with Crippen molar-refractivity contribution in [3.8, 4) is 0 Å². The normalized spacial score (nSPS) is 16.8. The third-order valence-electron chi connectivity index (χ3n) is 10.2. The van der Waals surface area contributed by atoms with Gasteiger partial charge in [-0.1, -0.05) is 143 Å².